The summed E-state index contributed by atoms with van der Waals surface area (Å²) in [4.78, 5) is 29.7. The van der Waals surface area contributed by atoms with Crippen LogP contribution in [0.15, 0.2) is 24.3 Å². The molecule has 0 spiro atoms. The molecule has 2 saturated heterocycles. The van der Waals surface area contributed by atoms with Crippen LogP contribution in [-0.2, 0) is 13.0 Å². The second-order valence-corrected chi connectivity index (χ2v) is 9.42. The van der Waals surface area contributed by atoms with Gasteiger partial charge in [-0.15, -0.1) is 0 Å². The number of benzene rings is 1. The van der Waals surface area contributed by atoms with Crippen molar-refractivity contribution in [2.45, 2.75) is 51.5 Å². The Hall–Kier alpha value is -2.54. The van der Waals surface area contributed by atoms with E-state index in [0.717, 1.165) is 55.6 Å². The molecule has 1 aromatic carbocycles. The van der Waals surface area contributed by atoms with Crippen LogP contribution in [0.3, 0.4) is 0 Å². The molecule has 5 rings (SSSR count). The first kappa shape index (κ1) is 21.3. The molecule has 1 aromatic heterocycles. The molecule has 0 bridgehead atoms. The zero-order valence-corrected chi connectivity index (χ0v) is 19.3. The van der Waals surface area contributed by atoms with Crippen LogP contribution in [0.4, 0.5) is 22.2 Å². The van der Waals surface area contributed by atoms with Crippen LogP contribution in [0.1, 0.15) is 49.8 Å². The molecule has 3 aliphatic rings. The number of nitrogens with zero attached hydrogens (tertiary/aromatic N) is 5. The van der Waals surface area contributed by atoms with Crippen LogP contribution in [0.5, 0.6) is 0 Å². The summed E-state index contributed by atoms with van der Waals surface area (Å²) in [5, 5.41) is 3.59. The van der Waals surface area contributed by atoms with Gasteiger partial charge in [-0.2, -0.15) is 4.98 Å². The number of amides is 2. The number of fused-ring (bicyclic) bond motifs is 1. The van der Waals surface area contributed by atoms with Crippen molar-refractivity contribution < 1.29 is 4.79 Å². The van der Waals surface area contributed by atoms with Gasteiger partial charge in [0.05, 0.1) is 12.2 Å². The molecule has 0 unspecified atom stereocenters. The second kappa shape index (κ2) is 9.53. The van der Waals surface area contributed by atoms with Gasteiger partial charge in [0.25, 0.3) is 0 Å². The molecule has 7 nitrogen and oxygen atoms in total. The minimum absolute atomic E-state index is 0.109. The fourth-order valence-electron chi connectivity index (χ4n) is 4.93. The summed E-state index contributed by atoms with van der Waals surface area (Å²) in [6.45, 7) is 5.30. The fourth-order valence-corrected chi connectivity index (χ4v) is 5.12. The largest absolute Gasteiger partial charge is 0.356 e. The lowest BCUT2D eigenvalue weighted by Crippen LogP contribution is -2.41. The predicted molar refractivity (Wildman–Crippen MR) is 129 cm³/mol. The molecule has 170 valence electrons. The Morgan fingerprint density at radius 2 is 1.62 bits per heavy atom. The van der Waals surface area contributed by atoms with Crippen LogP contribution < -0.4 is 15.1 Å². The summed E-state index contributed by atoms with van der Waals surface area (Å²) < 4.78 is 0. The average molecular weight is 455 g/mol. The first-order valence-corrected chi connectivity index (χ1v) is 12.3. The van der Waals surface area contributed by atoms with E-state index in [0.29, 0.717) is 23.8 Å². The Morgan fingerprint density at radius 1 is 0.906 bits per heavy atom. The molecule has 2 aromatic rings. The molecule has 2 amide bonds. The van der Waals surface area contributed by atoms with E-state index in [1.165, 1.54) is 38.5 Å². The SMILES string of the molecule is O=C(Nc1cccc(Cl)c1)N1CCc2nc(N3CCCCC3)nc(N3CCCCC3)c2C1. The van der Waals surface area contributed by atoms with Gasteiger partial charge in [0, 0.05) is 55.4 Å². The fraction of sp³-hybridized carbons (Fsp3) is 0.542. The van der Waals surface area contributed by atoms with Crippen LogP contribution in [-0.4, -0.2) is 53.6 Å². The van der Waals surface area contributed by atoms with Crippen molar-refractivity contribution >= 4 is 35.1 Å². The highest BCUT2D eigenvalue weighted by atomic mass is 35.5. The molecule has 0 atom stereocenters. The number of urea groups is 1. The number of hydrogen-bond donors (Lipinski definition) is 1. The number of carbonyl (C=O) groups excluding carboxylic acids is 1. The summed E-state index contributed by atoms with van der Waals surface area (Å²) in [7, 11) is 0. The topological polar surface area (TPSA) is 64.6 Å². The van der Waals surface area contributed by atoms with Crippen molar-refractivity contribution in [1.29, 1.82) is 0 Å². The Morgan fingerprint density at radius 3 is 2.34 bits per heavy atom. The highest BCUT2D eigenvalue weighted by molar-refractivity contribution is 6.30. The number of hydrogen-bond acceptors (Lipinski definition) is 5. The molecule has 1 N–H and O–H groups in total. The van der Waals surface area contributed by atoms with Gasteiger partial charge in [-0.25, -0.2) is 9.78 Å². The van der Waals surface area contributed by atoms with Gasteiger partial charge in [0.2, 0.25) is 5.95 Å². The number of nitrogens with one attached hydrogen (secondary N) is 1. The lowest BCUT2D eigenvalue weighted by Gasteiger charge is -2.36. The molecule has 0 radical (unpaired) electrons. The third kappa shape index (κ3) is 4.63. The van der Waals surface area contributed by atoms with E-state index >= 15 is 0 Å². The van der Waals surface area contributed by atoms with Gasteiger partial charge in [-0.3, -0.25) is 0 Å². The highest BCUT2D eigenvalue weighted by Crippen LogP contribution is 2.31. The highest BCUT2D eigenvalue weighted by Gasteiger charge is 2.29. The minimum atomic E-state index is -0.109. The molecule has 0 saturated carbocycles. The molecule has 3 aliphatic heterocycles. The molecule has 2 fully saturated rings. The van der Waals surface area contributed by atoms with Crippen molar-refractivity contribution in [3.8, 4) is 0 Å². The van der Waals surface area contributed by atoms with Crippen molar-refractivity contribution in [2.75, 3.05) is 47.8 Å². The van der Waals surface area contributed by atoms with E-state index in [4.69, 9.17) is 21.6 Å². The normalized spacial score (nSPS) is 19.0. The number of rotatable bonds is 3. The maximum absolute atomic E-state index is 13.0. The predicted octanol–water partition coefficient (Wildman–Crippen LogP) is 4.70. The Kier molecular flexibility index (Phi) is 6.35. The van der Waals surface area contributed by atoms with E-state index in [9.17, 15) is 4.79 Å². The van der Waals surface area contributed by atoms with Gasteiger partial charge in [-0.1, -0.05) is 17.7 Å². The van der Waals surface area contributed by atoms with Crippen molar-refractivity contribution in [2.24, 2.45) is 0 Å². The van der Waals surface area contributed by atoms with Gasteiger partial charge < -0.3 is 20.0 Å². The molecule has 32 heavy (non-hydrogen) atoms. The average Bonchev–Trinajstić information content (AvgIpc) is 2.84. The zero-order chi connectivity index (χ0) is 21.9. The van der Waals surface area contributed by atoms with E-state index in [2.05, 4.69) is 15.1 Å². The zero-order valence-electron chi connectivity index (χ0n) is 18.5. The quantitative estimate of drug-likeness (QED) is 0.728. The van der Waals surface area contributed by atoms with Crippen LogP contribution in [0.25, 0.3) is 0 Å². The van der Waals surface area contributed by atoms with E-state index in [-0.39, 0.29) is 6.03 Å². The van der Waals surface area contributed by atoms with E-state index < -0.39 is 0 Å². The lowest BCUT2D eigenvalue weighted by atomic mass is 10.0. The third-order valence-corrected chi connectivity index (χ3v) is 6.92. The smallest absolute Gasteiger partial charge is 0.322 e. The molecule has 8 heteroatoms. The number of carbonyl (C=O) groups is 1. The van der Waals surface area contributed by atoms with Gasteiger partial charge in [0.1, 0.15) is 5.82 Å². The van der Waals surface area contributed by atoms with E-state index in [1.807, 2.05) is 17.0 Å². The molecular weight excluding hydrogens is 424 g/mol. The number of anilines is 3. The van der Waals surface area contributed by atoms with Crippen LogP contribution in [0.2, 0.25) is 5.02 Å². The first-order chi connectivity index (χ1) is 15.7. The summed E-state index contributed by atoms with van der Waals surface area (Å²) in [5.41, 5.74) is 2.93. The van der Waals surface area contributed by atoms with Gasteiger partial charge in [0.15, 0.2) is 0 Å². The van der Waals surface area contributed by atoms with Gasteiger partial charge >= 0.3 is 6.03 Å². The Bertz CT molecular complexity index is 971. The molecular formula is C24H31ClN6O. The number of aromatic nitrogens is 2. The first-order valence-electron chi connectivity index (χ1n) is 11.9. The molecule has 0 aliphatic carbocycles. The second-order valence-electron chi connectivity index (χ2n) is 8.98. The maximum Gasteiger partial charge on any atom is 0.322 e. The summed E-state index contributed by atoms with van der Waals surface area (Å²) >= 11 is 6.08. The number of piperidine rings is 2. The van der Waals surface area contributed by atoms with Crippen molar-refractivity contribution in [1.82, 2.24) is 14.9 Å². The van der Waals surface area contributed by atoms with Crippen molar-refractivity contribution in [3.63, 3.8) is 0 Å². The summed E-state index contributed by atoms with van der Waals surface area (Å²) in [6, 6.07) is 7.16. The summed E-state index contributed by atoms with van der Waals surface area (Å²) in [6.07, 6.45) is 8.11. The monoisotopic (exact) mass is 454 g/mol. The minimum Gasteiger partial charge on any atom is -0.356 e. The Balaban J connectivity index is 1.41. The lowest BCUT2D eigenvalue weighted by molar-refractivity contribution is 0.206. The maximum atomic E-state index is 13.0. The number of halogens is 1. The summed E-state index contributed by atoms with van der Waals surface area (Å²) in [5.74, 6) is 1.91. The van der Waals surface area contributed by atoms with Crippen molar-refractivity contribution in [3.05, 3.63) is 40.5 Å². The van der Waals surface area contributed by atoms with E-state index in [1.54, 1.807) is 12.1 Å². The Labute approximate surface area is 194 Å². The van der Waals surface area contributed by atoms with Crippen LogP contribution in [0, 0.1) is 0 Å². The molecule has 4 heterocycles. The standard InChI is InChI=1S/C24H31ClN6O/c25-18-8-7-9-19(16-18)26-24(32)31-15-10-21-20(17-31)22(29-11-3-1-4-12-29)28-23(27-21)30-13-5-2-6-14-30/h7-9,16H,1-6,10-15,17H2,(H,26,32). The van der Waals surface area contributed by atoms with Gasteiger partial charge in [-0.05, 0) is 56.7 Å². The third-order valence-electron chi connectivity index (χ3n) is 6.68. The van der Waals surface area contributed by atoms with Crippen LogP contribution >= 0.6 is 11.6 Å².